The van der Waals surface area contributed by atoms with Crippen molar-refractivity contribution in [1.82, 2.24) is 0 Å². The summed E-state index contributed by atoms with van der Waals surface area (Å²) in [6.45, 7) is 9.54. The molecule has 2 heterocycles. The van der Waals surface area contributed by atoms with Crippen LogP contribution in [0, 0.1) is 11.3 Å². The molecular formula is C20H28O3. The molecule has 1 saturated carbocycles. The maximum atomic E-state index is 10.9. The van der Waals surface area contributed by atoms with E-state index in [1.54, 1.807) is 0 Å². The average Bonchev–Trinajstić information content (AvgIpc) is 2.49. The monoisotopic (exact) mass is 316 g/mol. The van der Waals surface area contributed by atoms with Crippen molar-refractivity contribution < 1.29 is 14.9 Å². The van der Waals surface area contributed by atoms with E-state index < -0.39 is 5.60 Å². The van der Waals surface area contributed by atoms with E-state index in [2.05, 4.69) is 33.8 Å². The Morgan fingerprint density at radius 3 is 2.61 bits per heavy atom. The fourth-order valence-corrected chi connectivity index (χ4v) is 5.57. The Labute approximate surface area is 138 Å². The number of rotatable bonds is 1. The van der Waals surface area contributed by atoms with Crippen LogP contribution in [0.2, 0.25) is 0 Å². The number of fused-ring (bicyclic) bond motifs is 1. The summed E-state index contributed by atoms with van der Waals surface area (Å²) in [5.41, 5.74) is 2.80. The standard InChI is InChI=1S/C20H28O3/c1-11(2)13-9-14-12-8-15-19(3,4)6-5-7-20(15,23-10-12)16(14)18(22)17(13)21/h9,11-12,15,21-22H,5-8,10H2,1-4H3/t12-,15+,20-/m1/s1. The third-order valence-corrected chi connectivity index (χ3v) is 6.76. The molecule has 1 aromatic rings. The zero-order valence-corrected chi connectivity index (χ0v) is 14.6. The average molecular weight is 316 g/mol. The lowest BCUT2D eigenvalue weighted by atomic mass is 9.51. The second kappa shape index (κ2) is 4.66. The van der Waals surface area contributed by atoms with Crippen LogP contribution in [0.3, 0.4) is 0 Å². The Hall–Kier alpha value is -1.22. The van der Waals surface area contributed by atoms with Gasteiger partial charge in [0.05, 0.1) is 6.61 Å². The summed E-state index contributed by atoms with van der Waals surface area (Å²) in [5.74, 6) is 1.11. The highest BCUT2D eigenvalue weighted by Gasteiger charge is 2.60. The van der Waals surface area contributed by atoms with Crippen molar-refractivity contribution >= 4 is 0 Å². The van der Waals surface area contributed by atoms with E-state index in [1.807, 2.05) is 0 Å². The van der Waals surface area contributed by atoms with Gasteiger partial charge in [-0.1, -0.05) is 33.8 Å². The molecule has 0 aromatic heterocycles. The molecule has 2 bridgehead atoms. The van der Waals surface area contributed by atoms with Crippen molar-refractivity contribution in [3.8, 4) is 11.5 Å². The van der Waals surface area contributed by atoms with Crippen LogP contribution in [-0.4, -0.2) is 16.8 Å². The molecule has 1 saturated heterocycles. The first kappa shape index (κ1) is 15.3. The molecule has 1 aromatic carbocycles. The third-order valence-electron chi connectivity index (χ3n) is 6.76. The van der Waals surface area contributed by atoms with Gasteiger partial charge in [0.2, 0.25) is 0 Å². The Morgan fingerprint density at radius 1 is 1.17 bits per heavy atom. The van der Waals surface area contributed by atoms with Crippen LogP contribution < -0.4 is 0 Å². The van der Waals surface area contributed by atoms with Gasteiger partial charge in [-0.3, -0.25) is 0 Å². The van der Waals surface area contributed by atoms with Gasteiger partial charge in [0.1, 0.15) is 5.60 Å². The largest absolute Gasteiger partial charge is 0.504 e. The molecule has 2 N–H and O–H groups in total. The highest BCUT2D eigenvalue weighted by atomic mass is 16.5. The van der Waals surface area contributed by atoms with Crippen LogP contribution in [0.25, 0.3) is 0 Å². The molecule has 5 rings (SSSR count). The van der Waals surface area contributed by atoms with Crippen LogP contribution >= 0.6 is 0 Å². The molecule has 3 atom stereocenters. The van der Waals surface area contributed by atoms with Gasteiger partial charge in [0.25, 0.3) is 0 Å². The van der Waals surface area contributed by atoms with E-state index in [-0.39, 0.29) is 22.8 Å². The van der Waals surface area contributed by atoms with Gasteiger partial charge in [-0.15, -0.1) is 0 Å². The zero-order valence-electron chi connectivity index (χ0n) is 14.6. The lowest BCUT2D eigenvalue weighted by Crippen LogP contribution is -2.56. The van der Waals surface area contributed by atoms with Gasteiger partial charge in [-0.05, 0) is 48.5 Å². The van der Waals surface area contributed by atoms with Crippen molar-refractivity contribution in [3.63, 3.8) is 0 Å². The molecule has 0 radical (unpaired) electrons. The fourth-order valence-electron chi connectivity index (χ4n) is 5.57. The molecule has 4 aliphatic rings. The smallest absolute Gasteiger partial charge is 0.164 e. The first-order valence-electron chi connectivity index (χ1n) is 9.01. The summed E-state index contributed by atoms with van der Waals surface area (Å²) in [5, 5.41) is 21.4. The normalized spacial score (nSPS) is 34.3. The molecule has 126 valence electrons. The van der Waals surface area contributed by atoms with Crippen molar-refractivity contribution in [3.05, 3.63) is 22.8 Å². The maximum absolute atomic E-state index is 10.9. The van der Waals surface area contributed by atoms with Gasteiger partial charge >= 0.3 is 0 Å². The predicted octanol–water partition coefficient (Wildman–Crippen LogP) is 4.76. The summed E-state index contributed by atoms with van der Waals surface area (Å²) in [6.07, 6.45) is 4.41. The predicted molar refractivity (Wildman–Crippen MR) is 90.0 cm³/mol. The minimum Gasteiger partial charge on any atom is -0.504 e. The number of ether oxygens (including phenoxy) is 1. The van der Waals surface area contributed by atoms with Crippen molar-refractivity contribution in [2.24, 2.45) is 11.3 Å². The summed E-state index contributed by atoms with van der Waals surface area (Å²) in [4.78, 5) is 0. The molecule has 3 heteroatoms. The van der Waals surface area contributed by atoms with E-state index in [1.165, 1.54) is 12.0 Å². The van der Waals surface area contributed by atoms with Crippen LogP contribution in [0.5, 0.6) is 11.5 Å². The van der Waals surface area contributed by atoms with E-state index >= 15 is 0 Å². The zero-order chi connectivity index (χ0) is 16.6. The van der Waals surface area contributed by atoms with E-state index in [0.717, 1.165) is 37.0 Å². The Morgan fingerprint density at radius 2 is 1.91 bits per heavy atom. The van der Waals surface area contributed by atoms with Crippen LogP contribution in [0.1, 0.15) is 81.9 Å². The molecule has 2 fully saturated rings. The highest BCUT2D eigenvalue weighted by Crippen LogP contribution is 2.66. The highest BCUT2D eigenvalue weighted by molar-refractivity contribution is 5.60. The first-order chi connectivity index (χ1) is 10.8. The molecule has 0 unspecified atom stereocenters. The number of phenols is 2. The number of hydrogen-bond donors (Lipinski definition) is 2. The van der Waals surface area contributed by atoms with Gasteiger partial charge < -0.3 is 14.9 Å². The SMILES string of the molecule is CC(C)c1cc2c(c(O)c1O)[C@@]13CCCC(C)(C)[C@@H]1C[C@@H]2CO3. The molecular weight excluding hydrogens is 288 g/mol. The van der Waals surface area contributed by atoms with E-state index in [9.17, 15) is 10.2 Å². The molecule has 2 aliphatic heterocycles. The van der Waals surface area contributed by atoms with Gasteiger partial charge in [-0.25, -0.2) is 0 Å². The van der Waals surface area contributed by atoms with Crippen molar-refractivity contribution in [2.45, 2.75) is 70.8 Å². The van der Waals surface area contributed by atoms with Crippen LogP contribution in [0.15, 0.2) is 6.07 Å². The van der Waals surface area contributed by atoms with Gasteiger partial charge in [-0.2, -0.15) is 0 Å². The van der Waals surface area contributed by atoms with Crippen molar-refractivity contribution in [1.29, 1.82) is 0 Å². The minimum absolute atomic E-state index is 0.0615. The first-order valence-corrected chi connectivity index (χ1v) is 9.01. The van der Waals surface area contributed by atoms with Gasteiger partial charge in [0, 0.05) is 17.0 Å². The second-order valence-corrected chi connectivity index (χ2v) is 8.81. The van der Waals surface area contributed by atoms with Gasteiger partial charge in [0.15, 0.2) is 11.5 Å². The van der Waals surface area contributed by atoms with Crippen LogP contribution in [0.4, 0.5) is 0 Å². The number of aromatic hydroxyl groups is 2. The molecule has 0 amide bonds. The summed E-state index contributed by atoms with van der Waals surface area (Å²) >= 11 is 0. The quantitative estimate of drug-likeness (QED) is 0.734. The number of phenolic OH excluding ortho intramolecular Hbond substituents is 2. The second-order valence-electron chi connectivity index (χ2n) is 8.81. The molecule has 3 nitrogen and oxygen atoms in total. The number of benzene rings is 1. The summed E-state index contributed by atoms with van der Waals surface area (Å²) in [7, 11) is 0. The minimum atomic E-state index is -0.400. The Balaban J connectivity index is 1.97. The number of hydrogen-bond acceptors (Lipinski definition) is 3. The lowest BCUT2D eigenvalue weighted by molar-refractivity contribution is -0.202. The summed E-state index contributed by atoms with van der Waals surface area (Å²) in [6, 6.07) is 2.14. The topological polar surface area (TPSA) is 49.7 Å². The Bertz CT molecular complexity index is 661. The molecule has 2 aliphatic carbocycles. The van der Waals surface area contributed by atoms with E-state index in [4.69, 9.17) is 4.74 Å². The fraction of sp³-hybridized carbons (Fsp3) is 0.700. The maximum Gasteiger partial charge on any atom is 0.164 e. The van der Waals surface area contributed by atoms with Crippen molar-refractivity contribution in [2.75, 3.05) is 6.61 Å². The lowest BCUT2D eigenvalue weighted by Gasteiger charge is -2.60. The Kier molecular flexibility index (Phi) is 3.10. The molecule has 1 spiro atoms. The summed E-state index contributed by atoms with van der Waals surface area (Å²) < 4.78 is 6.40. The third kappa shape index (κ3) is 1.86. The van der Waals surface area contributed by atoms with E-state index in [0.29, 0.717) is 11.8 Å². The van der Waals surface area contributed by atoms with Crippen LogP contribution in [-0.2, 0) is 10.3 Å². The molecule has 23 heavy (non-hydrogen) atoms.